The van der Waals surface area contributed by atoms with E-state index in [1.807, 2.05) is 35.9 Å². The van der Waals surface area contributed by atoms with Gasteiger partial charge in [0, 0.05) is 24.3 Å². The monoisotopic (exact) mass is 285 g/mol. The van der Waals surface area contributed by atoms with Crippen molar-refractivity contribution in [1.82, 2.24) is 15.1 Å². The summed E-state index contributed by atoms with van der Waals surface area (Å²) in [6, 6.07) is 10.2. The van der Waals surface area contributed by atoms with Crippen molar-refractivity contribution in [2.45, 2.75) is 46.7 Å². The van der Waals surface area contributed by atoms with Gasteiger partial charge in [0.2, 0.25) is 5.43 Å². The molecule has 4 nitrogen and oxygen atoms in total. The van der Waals surface area contributed by atoms with Gasteiger partial charge in [0.05, 0.1) is 5.69 Å². The molecule has 0 spiro atoms. The zero-order valence-electron chi connectivity index (χ0n) is 13.2. The lowest BCUT2D eigenvalue weighted by Gasteiger charge is -2.14. The van der Waals surface area contributed by atoms with E-state index in [2.05, 4.69) is 31.2 Å². The number of aryl methyl sites for hydroxylation is 2. The van der Waals surface area contributed by atoms with Crippen molar-refractivity contribution in [3.8, 4) is 5.69 Å². The maximum atomic E-state index is 12.1. The molecule has 0 radical (unpaired) electrons. The molecule has 1 unspecified atom stereocenters. The molecule has 0 aliphatic rings. The first-order valence-electron chi connectivity index (χ1n) is 7.41. The van der Waals surface area contributed by atoms with E-state index in [0.29, 0.717) is 18.3 Å². The Bertz CT molecular complexity index is 659. The summed E-state index contributed by atoms with van der Waals surface area (Å²) in [5.74, 6) is 0. The van der Waals surface area contributed by atoms with Crippen molar-refractivity contribution < 1.29 is 0 Å². The average Bonchev–Trinajstić information content (AvgIpc) is 2.47. The Balaban J connectivity index is 2.34. The normalized spacial score (nSPS) is 12.4. The van der Waals surface area contributed by atoms with Crippen molar-refractivity contribution in [1.29, 1.82) is 0 Å². The van der Waals surface area contributed by atoms with Crippen LogP contribution in [0.2, 0.25) is 0 Å². The van der Waals surface area contributed by atoms with Crippen LogP contribution in [0.25, 0.3) is 5.69 Å². The quantitative estimate of drug-likeness (QED) is 0.919. The van der Waals surface area contributed by atoms with Crippen molar-refractivity contribution in [2.24, 2.45) is 0 Å². The summed E-state index contributed by atoms with van der Waals surface area (Å²) < 4.78 is 1.83. The van der Waals surface area contributed by atoms with E-state index in [1.165, 1.54) is 5.56 Å². The molecule has 0 amide bonds. The average molecular weight is 285 g/mol. The highest BCUT2D eigenvalue weighted by Gasteiger charge is 2.08. The SMILES string of the molecule is CCC(C)NCc1nn(-c2ccc(C)cc2)c(C)cc1=O. The van der Waals surface area contributed by atoms with Crippen LogP contribution in [0.1, 0.15) is 37.2 Å². The van der Waals surface area contributed by atoms with Crippen molar-refractivity contribution >= 4 is 0 Å². The minimum atomic E-state index is -0.00772. The molecule has 1 aromatic carbocycles. The molecule has 0 aliphatic carbocycles. The summed E-state index contributed by atoms with van der Waals surface area (Å²) in [5, 5.41) is 7.84. The van der Waals surface area contributed by atoms with E-state index in [0.717, 1.165) is 17.8 Å². The number of nitrogens with one attached hydrogen (secondary N) is 1. The molecule has 2 rings (SSSR count). The van der Waals surface area contributed by atoms with Crippen LogP contribution >= 0.6 is 0 Å². The number of rotatable bonds is 5. The van der Waals surface area contributed by atoms with Crippen molar-refractivity contribution in [2.75, 3.05) is 0 Å². The largest absolute Gasteiger partial charge is 0.308 e. The van der Waals surface area contributed by atoms with Gasteiger partial charge in [-0.1, -0.05) is 24.6 Å². The molecule has 0 saturated heterocycles. The highest BCUT2D eigenvalue weighted by molar-refractivity contribution is 5.35. The molecular weight excluding hydrogens is 262 g/mol. The summed E-state index contributed by atoms with van der Waals surface area (Å²) in [7, 11) is 0. The predicted octanol–water partition coefficient (Wildman–Crippen LogP) is 2.74. The maximum Gasteiger partial charge on any atom is 0.204 e. The van der Waals surface area contributed by atoms with E-state index in [1.54, 1.807) is 6.07 Å². The zero-order valence-corrected chi connectivity index (χ0v) is 13.2. The van der Waals surface area contributed by atoms with Gasteiger partial charge in [-0.05, 0) is 39.3 Å². The third kappa shape index (κ3) is 3.79. The summed E-state index contributed by atoms with van der Waals surface area (Å²) in [5.41, 5.74) is 3.57. The Labute approximate surface area is 125 Å². The molecule has 0 aliphatic heterocycles. The standard InChI is InChI=1S/C17H23N3O/c1-5-13(3)18-11-16-17(21)10-14(4)20(19-16)15-8-6-12(2)7-9-15/h6-10,13,18H,5,11H2,1-4H3. The Morgan fingerprint density at radius 1 is 1.24 bits per heavy atom. The molecule has 0 saturated carbocycles. The molecule has 2 aromatic rings. The van der Waals surface area contributed by atoms with E-state index in [4.69, 9.17) is 0 Å². The van der Waals surface area contributed by atoms with Gasteiger partial charge in [-0.25, -0.2) is 4.68 Å². The Morgan fingerprint density at radius 3 is 2.52 bits per heavy atom. The topological polar surface area (TPSA) is 46.9 Å². The lowest BCUT2D eigenvalue weighted by Crippen LogP contribution is -2.29. The van der Waals surface area contributed by atoms with Crippen LogP contribution in [-0.2, 0) is 6.54 Å². The minimum Gasteiger partial charge on any atom is -0.308 e. The third-order valence-electron chi connectivity index (χ3n) is 3.69. The van der Waals surface area contributed by atoms with Crippen LogP contribution in [0, 0.1) is 13.8 Å². The fraction of sp³-hybridized carbons (Fsp3) is 0.412. The van der Waals surface area contributed by atoms with Crippen molar-refractivity contribution in [3.05, 3.63) is 57.5 Å². The van der Waals surface area contributed by atoms with Gasteiger partial charge in [-0.3, -0.25) is 4.79 Å². The van der Waals surface area contributed by atoms with Gasteiger partial charge >= 0.3 is 0 Å². The molecule has 21 heavy (non-hydrogen) atoms. The fourth-order valence-corrected chi connectivity index (χ4v) is 2.07. The number of benzene rings is 1. The molecule has 4 heteroatoms. The second kappa shape index (κ2) is 6.68. The summed E-state index contributed by atoms with van der Waals surface area (Å²) in [6.45, 7) is 8.68. The van der Waals surface area contributed by atoms with Crippen LogP contribution in [-0.4, -0.2) is 15.8 Å². The lowest BCUT2D eigenvalue weighted by atomic mass is 10.2. The lowest BCUT2D eigenvalue weighted by molar-refractivity contribution is 0.521. The molecule has 1 aromatic heterocycles. The van der Waals surface area contributed by atoms with Crippen molar-refractivity contribution in [3.63, 3.8) is 0 Å². The van der Waals surface area contributed by atoms with Crippen LogP contribution < -0.4 is 10.7 Å². The van der Waals surface area contributed by atoms with E-state index < -0.39 is 0 Å². The number of hydrogen-bond donors (Lipinski definition) is 1. The first kappa shape index (κ1) is 15.4. The van der Waals surface area contributed by atoms with Gasteiger partial charge in [-0.2, -0.15) is 5.10 Å². The Kier molecular flexibility index (Phi) is 4.91. The smallest absolute Gasteiger partial charge is 0.204 e. The molecule has 1 N–H and O–H groups in total. The third-order valence-corrected chi connectivity index (χ3v) is 3.69. The molecular formula is C17H23N3O. The van der Waals surface area contributed by atoms with Gasteiger partial charge in [0.25, 0.3) is 0 Å². The van der Waals surface area contributed by atoms with Crippen LogP contribution in [0.3, 0.4) is 0 Å². The minimum absolute atomic E-state index is 0.00772. The summed E-state index contributed by atoms with van der Waals surface area (Å²) in [4.78, 5) is 12.1. The fourth-order valence-electron chi connectivity index (χ4n) is 2.07. The number of aromatic nitrogens is 2. The van der Waals surface area contributed by atoms with Gasteiger partial charge in [0.1, 0.15) is 5.69 Å². The molecule has 0 bridgehead atoms. The summed E-state index contributed by atoms with van der Waals surface area (Å²) in [6.07, 6.45) is 1.03. The second-order valence-corrected chi connectivity index (χ2v) is 5.53. The van der Waals surface area contributed by atoms with Gasteiger partial charge in [-0.15, -0.1) is 0 Å². The Hall–Kier alpha value is -1.94. The zero-order chi connectivity index (χ0) is 15.4. The molecule has 0 fully saturated rings. The van der Waals surface area contributed by atoms with Crippen LogP contribution in [0.15, 0.2) is 35.1 Å². The Morgan fingerprint density at radius 2 is 1.90 bits per heavy atom. The van der Waals surface area contributed by atoms with E-state index >= 15 is 0 Å². The van der Waals surface area contributed by atoms with Crippen LogP contribution in [0.5, 0.6) is 0 Å². The first-order valence-corrected chi connectivity index (χ1v) is 7.41. The number of nitrogens with zero attached hydrogens (tertiary/aromatic N) is 2. The van der Waals surface area contributed by atoms with Gasteiger partial charge < -0.3 is 5.32 Å². The molecule has 112 valence electrons. The van der Waals surface area contributed by atoms with Crippen LogP contribution in [0.4, 0.5) is 0 Å². The van der Waals surface area contributed by atoms with E-state index in [-0.39, 0.29) is 5.43 Å². The second-order valence-electron chi connectivity index (χ2n) is 5.53. The molecule has 1 atom stereocenters. The number of hydrogen-bond acceptors (Lipinski definition) is 3. The maximum absolute atomic E-state index is 12.1. The highest BCUT2D eigenvalue weighted by atomic mass is 16.1. The summed E-state index contributed by atoms with van der Waals surface area (Å²) >= 11 is 0. The predicted molar refractivity (Wildman–Crippen MR) is 85.9 cm³/mol. The first-order chi connectivity index (χ1) is 10.0. The van der Waals surface area contributed by atoms with E-state index in [9.17, 15) is 4.79 Å². The molecule has 1 heterocycles. The highest BCUT2D eigenvalue weighted by Crippen LogP contribution is 2.10. The van der Waals surface area contributed by atoms with Gasteiger partial charge in [0.15, 0.2) is 0 Å².